The Morgan fingerprint density at radius 2 is 1.92 bits per heavy atom. The summed E-state index contributed by atoms with van der Waals surface area (Å²) >= 11 is 1.46. The number of thioether (sulfide) groups is 1. The van der Waals surface area contributed by atoms with Gasteiger partial charge in [-0.25, -0.2) is 19.9 Å². The number of H-pyrrole nitrogens is 1. The van der Waals surface area contributed by atoms with Crippen LogP contribution in [0, 0.1) is 0 Å². The molecule has 4 atom stereocenters. The fourth-order valence-corrected chi connectivity index (χ4v) is 8.44. The Hall–Kier alpha value is -3.69. The third-order valence-electron chi connectivity index (χ3n) is 7.95. The van der Waals surface area contributed by atoms with Crippen molar-refractivity contribution in [1.29, 1.82) is 0 Å². The summed E-state index contributed by atoms with van der Waals surface area (Å²) in [5.41, 5.74) is 10.7. The number of aromatic nitrogens is 6. The molecular weight excluding hydrogens is 695 g/mol. The molecule has 274 valence electrons. The first-order valence-corrected chi connectivity index (χ1v) is 18.8. The first-order chi connectivity index (χ1) is 23.8. The number of imidazole rings is 1. The molecule has 1 amide bonds. The van der Waals surface area contributed by atoms with Crippen LogP contribution in [0.5, 0.6) is 0 Å². The number of aliphatic hydroxyl groups excluding tert-OH is 2. The number of nitrogens with two attached hydrogens (primary N) is 2. The number of ether oxygens (including phenoxy) is 1. The molecule has 1 fully saturated rings. The van der Waals surface area contributed by atoms with E-state index in [2.05, 4.69) is 40.5 Å². The predicted molar refractivity (Wildman–Crippen MR) is 187 cm³/mol. The van der Waals surface area contributed by atoms with E-state index in [0.717, 1.165) is 0 Å². The smallest absolute Gasteiger partial charge is 0.344 e. The van der Waals surface area contributed by atoms with E-state index in [-0.39, 0.29) is 61.6 Å². The zero-order valence-electron chi connectivity index (χ0n) is 28.1. The third-order valence-corrected chi connectivity index (χ3v) is 11.0. The number of aliphatic hydroxyl groups is 2. The second-order valence-corrected chi connectivity index (χ2v) is 15.2. The normalized spacial score (nSPS) is 21.6. The SMILES string of the molecule is CCOP(=O)(CN(CCNC(=O)C1=Nc2c(nc(N)[nH]c2=O)NC1(C)C)CCSC[C@H]1O[C@@H](n2cnc3c(N)ncnc32)[C@@H](O)C1O)OCC. The summed E-state index contributed by atoms with van der Waals surface area (Å²) in [5, 5.41) is 27.5. The number of amides is 1. The van der Waals surface area contributed by atoms with Gasteiger partial charge in [-0.2, -0.15) is 16.7 Å². The lowest BCUT2D eigenvalue weighted by Gasteiger charge is -2.32. The second-order valence-electron chi connectivity index (χ2n) is 12.0. The molecule has 0 radical (unpaired) electrons. The Bertz CT molecular complexity index is 1810. The van der Waals surface area contributed by atoms with Crippen LogP contribution >= 0.6 is 19.4 Å². The Labute approximate surface area is 291 Å². The molecule has 2 aliphatic rings. The molecule has 0 aromatic carbocycles. The third kappa shape index (κ3) is 8.26. The van der Waals surface area contributed by atoms with E-state index in [4.69, 9.17) is 25.3 Å². The number of hydrogen-bond donors (Lipinski definition) is 7. The van der Waals surface area contributed by atoms with Gasteiger partial charge in [-0.15, -0.1) is 0 Å². The number of carbonyl (C=O) groups excluding carboxylic acids is 1. The quantitative estimate of drug-likeness (QED) is 0.0754. The number of fused-ring (bicyclic) bond motifs is 2. The molecule has 50 heavy (non-hydrogen) atoms. The van der Waals surface area contributed by atoms with E-state index in [1.165, 1.54) is 29.0 Å². The Balaban J connectivity index is 1.20. The summed E-state index contributed by atoms with van der Waals surface area (Å²) < 4.78 is 32.0. The van der Waals surface area contributed by atoms with Crippen LogP contribution in [-0.2, 0) is 23.1 Å². The molecule has 3 aromatic heterocycles. The van der Waals surface area contributed by atoms with Gasteiger partial charge in [0.05, 0.1) is 31.2 Å². The van der Waals surface area contributed by atoms with Crippen molar-refractivity contribution >= 4 is 65.4 Å². The highest BCUT2D eigenvalue weighted by atomic mass is 32.2. The number of aromatic amines is 1. The van der Waals surface area contributed by atoms with Crippen molar-refractivity contribution in [2.24, 2.45) is 4.99 Å². The highest BCUT2D eigenvalue weighted by molar-refractivity contribution is 7.99. The van der Waals surface area contributed by atoms with E-state index in [0.29, 0.717) is 29.2 Å². The van der Waals surface area contributed by atoms with Crippen LogP contribution in [0.1, 0.15) is 33.9 Å². The number of anilines is 3. The van der Waals surface area contributed by atoms with Crippen molar-refractivity contribution in [2.75, 3.05) is 67.4 Å². The summed E-state index contributed by atoms with van der Waals surface area (Å²) in [5.74, 6) is 0.627. The summed E-state index contributed by atoms with van der Waals surface area (Å²) in [6.07, 6.45) is -1.38. The van der Waals surface area contributed by atoms with Gasteiger partial charge < -0.3 is 46.1 Å². The standard InChI is InChI=1S/C28H43N12O8PS/c1-5-46-49(45,47-6-2)14-39(8-7-31-25(44)20-28(3,4)38-22-17(35-20)24(43)37-27(30)36-22)9-10-50-11-15-18(41)19(42)26(48-15)40-13-34-16-21(29)32-12-33-23(16)40/h12-13,15,18-19,26,41-42H,5-11,14H2,1-4H3,(H,31,44)(H2,29,32,33)(H4,30,36,37,38,43)/t15-,18?,19+,26-/m1/s1. The number of rotatable bonds is 16. The maximum absolute atomic E-state index is 13.4. The van der Waals surface area contributed by atoms with Gasteiger partial charge in [0.15, 0.2) is 29.2 Å². The molecule has 0 aliphatic carbocycles. The summed E-state index contributed by atoms with van der Waals surface area (Å²) in [7, 11) is -3.49. The average molecular weight is 739 g/mol. The largest absolute Gasteiger partial charge is 0.387 e. The number of nitrogens with zero attached hydrogens (tertiary/aromatic N) is 7. The first kappa shape index (κ1) is 37.6. The lowest BCUT2D eigenvalue weighted by Crippen LogP contribution is -2.51. The molecule has 20 nitrogen and oxygen atoms in total. The molecule has 2 aliphatic heterocycles. The molecular formula is C28H43N12O8PS. The summed E-state index contributed by atoms with van der Waals surface area (Å²) in [6, 6.07) is 0. The maximum atomic E-state index is 13.4. The van der Waals surface area contributed by atoms with Crippen molar-refractivity contribution in [1.82, 2.24) is 39.7 Å². The van der Waals surface area contributed by atoms with Crippen LogP contribution in [-0.4, -0.2) is 131 Å². The highest BCUT2D eigenvalue weighted by Crippen LogP contribution is 2.48. The molecule has 3 aromatic rings. The lowest BCUT2D eigenvalue weighted by atomic mass is 9.95. The van der Waals surface area contributed by atoms with Crippen molar-refractivity contribution < 1.29 is 33.4 Å². The van der Waals surface area contributed by atoms with Crippen LogP contribution in [0.3, 0.4) is 0 Å². The number of nitrogen functional groups attached to an aromatic ring is 2. The minimum atomic E-state index is -3.49. The van der Waals surface area contributed by atoms with E-state index in [9.17, 15) is 24.4 Å². The van der Waals surface area contributed by atoms with Crippen LogP contribution < -0.4 is 27.7 Å². The van der Waals surface area contributed by atoms with E-state index >= 15 is 0 Å². The lowest BCUT2D eigenvalue weighted by molar-refractivity contribution is -0.115. The summed E-state index contributed by atoms with van der Waals surface area (Å²) in [4.78, 5) is 50.7. The predicted octanol–water partition coefficient (Wildman–Crippen LogP) is 0.0450. The molecule has 5 rings (SSSR count). The van der Waals surface area contributed by atoms with E-state index < -0.39 is 49.1 Å². The Morgan fingerprint density at radius 3 is 2.64 bits per heavy atom. The number of aliphatic imine (C=N–C) groups is 1. The average Bonchev–Trinajstić information content (AvgIpc) is 3.59. The van der Waals surface area contributed by atoms with Gasteiger partial charge in [0.25, 0.3) is 11.5 Å². The summed E-state index contributed by atoms with van der Waals surface area (Å²) in [6.45, 7) is 8.10. The van der Waals surface area contributed by atoms with Crippen molar-refractivity contribution in [2.45, 2.75) is 57.8 Å². The fraction of sp³-hybridized carbons (Fsp3) is 0.607. The maximum Gasteiger partial charge on any atom is 0.344 e. The van der Waals surface area contributed by atoms with Gasteiger partial charge in [0.2, 0.25) is 5.95 Å². The second kappa shape index (κ2) is 15.7. The molecule has 0 spiro atoms. The van der Waals surface area contributed by atoms with Gasteiger partial charge in [-0.05, 0) is 27.7 Å². The Kier molecular flexibility index (Phi) is 11.8. The van der Waals surface area contributed by atoms with Gasteiger partial charge >= 0.3 is 7.60 Å². The highest BCUT2D eigenvalue weighted by Gasteiger charge is 2.44. The van der Waals surface area contributed by atoms with E-state index in [1.54, 1.807) is 27.7 Å². The zero-order valence-corrected chi connectivity index (χ0v) is 29.8. The van der Waals surface area contributed by atoms with Crippen molar-refractivity contribution in [3.05, 3.63) is 23.0 Å². The van der Waals surface area contributed by atoms with Crippen LogP contribution in [0.25, 0.3) is 11.2 Å². The molecule has 1 unspecified atom stereocenters. The molecule has 5 heterocycles. The van der Waals surface area contributed by atoms with Gasteiger partial charge in [-0.3, -0.25) is 28.6 Å². The van der Waals surface area contributed by atoms with Gasteiger partial charge in [0, 0.05) is 31.1 Å². The first-order valence-electron chi connectivity index (χ1n) is 15.9. The molecule has 0 bridgehead atoms. The van der Waals surface area contributed by atoms with Crippen LogP contribution in [0.2, 0.25) is 0 Å². The van der Waals surface area contributed by atoms with Gasteiger partial charge in [-0.1, -0.05) is 0 Å². The number of hydrogen-bond acceptors (Lipinski definition) is 18. The zero-order chi connectivity index (χ0) is 36.2. The van der Waals surface area contributed by atoms with E-state index in [1.807, 2.05) is 4.90 Å². The topological polar surface area (TPSA) is 283 Å². The number of nitrogens with one attached hydrogen (secondary N) is 3. The minimum absolute atomic E-state index is 0.0308. The molecule has 22 heteroatoms. The molecule has 0 saturated carbocycles. The van der Waals surface area contributed by atoms with Gasteiger partial charge in [0.1, 0.15) is 36.0 Å². The van der Waals surface area contributed by atoms with Crippen LogP contribution in [0.15, 0.2) is 22.4 Å². The molecule has 9 N–H and O–H groups in total. The molecule has 1 saturated heterocycles. The monoisotopic (exact) mass is 738 g/mol. The van der Waals surface area contributed by atoms with Crippen LogP contribution in [0.4, 0.5) is 23.3 Å². The number of carbonyl (C=O) groups is 1. The van der Waals surface area contributed by atoms with Crippen molar-refractivity contribution in [3.63, 3.8) is 0 Å². The minimum Gasteiger partial charge on any atom is -0.387 e. The van der Waals surface area contributed by atoms with Crippen molar-refractivity contribution in [3.8, 4) is 0 Å². The Morgan fingerprint density at radius 1 is 1.18 bits per heavy atom. The fourth-order valence-electron chi connectivity index (χ4n) is 5.58.